The molecule has 122 valence electrons. The van der Waals surface area contributed by atoms with Gasteiger partial charge >= 0.3 is 5.97 Å². The molecule has 1 fully saturated rings. The van der Waals surface area contributed by atoms with Crippen LogP contribution in [0.3, 0.4) is 0 Å². The summed E-state index contributed by atoms with van der Waals surface area (Å²) in [7, 11) is 0. The van der Waals surface area contributed by atoms with Gasteiger partial charge in [0.05, 0.1) is 5.41 Å². The maximum atomic E-state index is 12.3. The summed E-state index contributed by atoms with van der Waals surface area (Å²) in [4.78, 5) is 26.9. The molecular weight excluding hydrogens is 320 g/mol. The number of carboxylic acid groups (broad SMARTS) is 1. The Hall–Kier alpha value is -2.05. The number of nitrogens with one attached hydrogen (secondary N) is 2. The summed E-state index contributed by atoms with van der Waals surface area (Å²) < 4.78 is 5.22. The fraction of sp³-hybridized carbons (Fsp3) is 0.375. The van der Waals surface area contributed by atoms with Crippen molar-refractivity contribution in [2.75, 3.05) is 19.8 Å². The van der Waals surface area contributed by atoms with E-state index in [1.807, 2.05) is 6.07 Å². The molecule has 3 rings (SSSR count). The number of carbonyl (C=O) groups is 2. The largest absolute Gasteiger partial charge is 0.481 e. The van der Waals surface area contributed by atoms with Crippen molar-refractivity contribution in [1.82, 2.24) is 10.3 Å². The molecule has 1 saturated heterocycles. The van der Waals surface area contributed by atoms with Crippen LogP contribution in [0.2, 0.25) is 5.02 Å². The SMILES string of the molecule is O=C(NCC1(C(=O)O)CCOCC1)c1cc2ccc(Cl)cc2[nH]1. The minimum Gasteiger partial charge on any atom is -0.481 e. The van der Waals surface area contributed by atoms with Crippen LogP contribution in [0.5, 0.6) is 0 Å². The molecule has 1 amide bonds. The first kappa shape index (κ1) is 15.8. The van der Waals surface area contributed by atoms with E-state index in [1.165, 1.54) is 0 Å². The number of fused-ring (bicyclic) bond motifs is 1. The summed E-state index contributed by atoms with van der Waals surface area (Å²) in [6.45, 7) is 0.876. The number of halogens is 1. The lowest BCUT2D eigenvalue weighted by Gasteiger charge is -2.33. The summed E-state index contributed by atoms with van der Waals surface area (Å²) in [6, 6.07) is 7.03. The number of hydrogen-bond acceptors (Lipinski definition) is 3. The Morgan fingerprint density at radius 3 is 2.74 bits per heavy atom. The third-order valence-corrected chi connectivity index (χ3v) is 4.56. The third-order valence-electron chi connectivity index (χ3n) is 4.32. The van der Waals surface area contributed by atoms with E-state index < -0.39 is 11.4 Å². The topological polar surface area (TPSA) is 91.4 Å². The van der Waals surface area contributed by atoms with Crippen molar-refractivity contribution in [3.8, 4) is 0 Å². The normalized spacial score (nSPS) is 17.1. The molecule has 2 aromatic rings. The molecular formula is C16H17ClN2O4. The van der Waals surface area contributed by atoms with Crippen molar-refractivity contribution >= 4 is 34.4 Å². The number of aromatic nitrogens is 1. The molecule has 23 heavy (non-hydrogen) atoms. The third kappa shape index (κ3) is 3.18. The molecule has 2 heterocycles. The lowest BCUT2D eigenvalue weighted by Crippen LogP contribution is -2.46. The van der Waals surface area contributed by atoms with Crippen molar-refractivity contribution < 1.29 is 19.4 Å². The molecule has 0 radical (unpaired) electrons. The number of hydrogen-bond donors (Lipinski definition) is 3. The fourth-order valence-electron chi connectivity index (χ4n) is 2.79. The van der Waals surface area contributed by atoms with Gasteiger partial charge in [0.2, 0.25) is 0 Å². The maximum absolute atomic E-state index is 12.3. The number of aromatic amines is 1. The van der Waals surface area contributed by atoms with E-state index >= 15 is 0 Å². The van der Waals surface area contributed by atoms with Crippen LogP contribution in [-0.4, -0.2) is 41.7 Å². The second-order valence-electron chi connectivity index (χ2n) is 5.80. The Morgan fingerprint density at radius 2 is 2.04 bits per heavy atom. The second kappa shape index (κ2) is 6.22. The molecule has 0 unspecified atom stereocenters. The van der Waals surface area contributed by atoms with Gasteiger partial charge in [0.1, 0.15) is 5.69 Å². The van der Waals surface area contributed by atoms with Crippen LogP contribution in [0.15, 0.2) is 24.3 Å². The van der Waals surface area contributed by atoms with Gasteiger partial charge in [0.25, 0.3) is 5.91 Å². The summed E-state index contributed by atoms with van der Waals surface area (Å²) in [5, 5.41) is 13.7. The van der Waals surface area contributed by atoms with E-state index in [0.29, 0.717) is 36.8 Å². The van der Waals surface area contributed by atoms with Crippen molar-refractivity contribution in [1.29, 1.82) is 0 Å². The molecule has 6 nitrogen and oxygen atoms in total. The van der Waals surface area contributed by atoms with Gasteiger partial charge in [-0.2, -0.15) is 0 Å². The Kier molecular flexibility index (Phi) is 4.28. The number of carbonyl (C=O) groups excluding carboxylic acids is 1. The predicted molar refractivity (Wildman–Crippen MR) is 85.8 cm³/mol. The highest BCUT2D eigenvalue weighted by molar-refractivity contribution is 6.31. The van der Waals surface area contributed by atoms with Gasteiger partial charge < -0.3 is 20.1 Å². The number of H-pyrrole nitrogens is 1. The Morgan fingerprint density at radius 1 is 1.30 bits per heavy atom. The number of ether oxygens (including phenoxy) is 1. The minimum absolute atomic E-state index is 0.0840. The van der Waals surface area contributed by atoms with Gasteiger partial charge in [0, 0.05) is 35.7 Å². The van der Waals surface area contributed by atoms with Gasteiger partial charge in [-0.3, -0.25) is 9.59 Å². The highest BCUT2D eigenvalue weighted by Gasteiger charge is 2.40. The van der Waals surface area contributed by atoms with Crippen LogP contribution < -0.4 is 5.32 Å². The van der Waals surface area contributed by atoms with E-state index in [-0.39, 0.29) is 12.5 Å². The maximum Gasteiger partial charge on any atom is 0.311 e. The lowest BCUT2D eigenvalue weighted by atomic mass is 9.80. The summed E-state index contributed by atoms with van der Waals surface area (Å²) in [5.74, 6) is -1.23. The highest BCUT2D eigenvalue weighted by Crippen LogP contribution is 2.30. The van der Waals surface area contributed by atoms with Crippen LogP contribution in [0.4, 0.5) is 0 Å². The summed E-state index contributed by atoms with van der Waals surface area (Å²) >= 11 is 5.93. The number of carboxylic acids is 1. The van der Waals surface area contributed by atoms with E-state index in [0.717, 1.165) is 10.9 Å². The number of amides is 1. The summed E-state index contributed by atoms with van der Waals surface area (Å²) in [6.07, 6.45) is 0.788. The quantitative estimate of drug-likeness (QED) is 0.799. The van der Waals surface area contributed by atoms with E-state index in [4.69, 9.17) is 16.3 Å². The van der Waals surface area contributed by atoms with Crippen LogP contribution >= 0.6 is 11.6 Å². The first-order valence-electron chi connectivity index (χ1n) is 7.38. The molecule has 0 saturated carbocycles. The zero-order chi connectivity index (χ0) is 16.4. The smallest absolute Gasteiger partial charge is 0.311 e. The average Bonchev–Trinajstić information content (AvgIpc) is 2.96. The molecule has 0 spiro atoms. The Balaban J connectivity index is 1.73. The van der Waals surface area contributed by atoms with E-state index in [9.17, 15) is 14.7 Å². The highest BCUT2D eigenvalue weighted by atomic mass is 35.5. The number of rotatable bonds is 4. The Labute approximate surface area is 137 Å². The van der Waals surface area contributed by atoms with Crippen molar-refractivity contribution in [2.45, 2.75) is 12.8 Å². The van der Waals surface area contributed by atoms with Gasteiger partial charge in [-0.15, -0.1) is 0 Å². The molecule has 1 aliphatic heterocycles. The van der Waals surface area contributed by atoms with Gasteiger partial charge in [0.15, 0.2) is 0 Å². The molecule has 1 aromatic carbocycles. The van der Waals surface area contributed by atoms with E-state index in [2.05, 4.69) is 10.3 Å². The minimum atomic E-state index is -0.955. The van der Waals surface area contributed by atoms with Crippen LogP contribution in [0.1, 0.15) is 23.3 Å². The predicted octanol–water partition coefficient (Wildman–Crippen LogP) is 2.43. The Bertz CT molecular complexity index is 750. The zero-order valence-electron chi connectivity index (χ0n) is 12.4. The monoisotopic (exact) mass is 336 g/mol. The number of aliphatic carboxylic acids is 1. The second-order valence-corrected chi connectivity index (χ2v) is 6.23. The van der Waals surface area contributed by atoms with Crippen molar-refractivity contribution in [2.24, 2.45) is 5.41 Å². The first-order valence-corrected chi connectivity index (χ1v) is 7.76. The lowest BCUT2D eigenvalue weighted by molar-refractivity contribution is -0.154. The standard InChI is InChI=1S/C16H17ClN2O4/c17-11-2-1-10-7-13(19-12(10)8-11)14(20)18-9-16(15(21)22)3-5-23-6-4-16/h1-2,7-8,19H,3-6,9H2,(H,18,20)(H,21,22). The van der Waals surface area contributed by atoms with Gasteiger partial charge in [-0.05, 0) is 31.0 Å². The molecule has 0 aliphatic carbocycles. The molecule has 7 heteroatoms. The average molecular weight is 337 g/mol. The summed E-state index contributed by atoms with van der Waals surface area (Å²) in [5.41, 5.74) is 0.194. The van der Waals surface area contributed by atoms with Crippen LogP contribution in [-0.2, 0) is 9.53 Å². The van der Waals surface area contributed by atoms with Crippen molar-refractivity contribution in [3.63, 3.8) is 0 Å². The molecule has 1 aliphatic rings. The van der Waals surface area contributed by atoms with Crippen molar-refractivity contribution in [3.05, 3.63) is 35.0 Å². The molecule has 3 N–H and O–H groups in total. The molecule has 0 atom stereocenters. The van der Waals surface area contributed by atoms with E-state index in [1.54, 1.807) is 18.2 Å². The first-order chi connectivity index (χ1) is 11.0. The van der Waals surface area contributed by atoms with Crippen LogP contribution in [0.25, 0.3) is 10.9 Å². The fourth-order valence-corrected chi connectivity index (χ4v) is 2.97. The molecule has 1 aromatic heterocycles. The van der Waals surface area contributed by atoms with Crippen LogP contribution in [0, 0.1) is 5.41 Å². The zero-order valence-corrected chi connectivity index (χ0v) is 13.2. The van der Waals surface area contributed by atoms with Gasteiger partial charge in [-0.25, -0.2) is 0 Å². The van der Waals surface area contributed by atoms with Gasteiger partial charge in [-0.1, -0.05) is 17.7 Å². The number of benzene rings is 1. The molecule has 0 bridgehead atoms.